The van der Waals surface area contributed by atoms with Crippen LogP contribution in [0, 0.1) is 0 Å². The summed E-state index contributed by atoms with van der Waals surface area (Å²) in [5.41, 5.74) is 7.29. The Kier molecular flexibility index (Phi) is 3.23. The van der Waals surface area contributed by atoms with E-state index < -0.39 is 0 Å². The molecule has 0 saturated carbocycles. The van der Waals surface area contributed by atoms with Crippen LogP contribution < -0.4 is 10.5 Å². The summed E-state index contributed by atoms with van der Waals surface area (Å²) in [6.07, 6.45) is 0.932. The maximum atomic E-state index is 6.08. The predicted molar refractivity (Wildman–Crippen MR) is 59.1 cm³/mol. The van der Waals surface area contributed by atoms with Gasteiger partial charge in [0.15, 0.2) is 0 Å². The van der Waals surface area contributed by atoms with Crippen LogP contribution in [0.1, 0.15) is 17.9 Å². The molecular formula is C12H17NO2. The molecule has 2 unspecified atom stereocenters. The lowest BCUT2D eigenvalue weighted by Gasteiger charge is -2.29. The molecule has 0 aromatic heterocycles. The summed E-state index contributed by atoms with van der Waals surface area (Å²) < 4.78 is 10.7. The van der Waals surface area contributed by atoms with Gasteiger partial charge >= 0.3 is 0 Å². The molecule has 3 nitrogen and oxygen atoms in total. The van der Waals surface area contributed by atoms with E-state index in [4.69, 9.17) is 15.2 Å². The van der Waals surface area contributed by atoms with Crippen LogP contribution in [-0.4, -0.2) is 26.4 Å². The lowest BCUT2D eigenvalue weighted by Crippen LogP contribution is -2.36. The number of ether oxygens (including phenoxy) is 2. The van der Waals surface area contributed by atoms with Gasteiger partial charge in [0.2, 0.25) is 0 Å². The maximum absolute atomic E-state index is 6.08. The fourth-order valence-corrected chi connectivity index (χ4v) is 1.97. The number of nitrogens with two attached hydrogens (primary N) is 1. The first kappa shape index (κ1) is 10.5. The summed E-state index contributed by atoms with van der Waals surface area (Å²) in [5.74, 6) is 1.18. The second kappa shape index (κ2) is 4.64. The zero-order valence-corrected chi connectivity index (χ0v) is 8.98. The first-order valence-corrected chi connectivity index (χ1v) is 5.28. The fourth-order valence-electron chi connectivity index (χ4n) is 1.97. The highest BCUT2D eigenvalue weighted by molar-refractivity contribution is 5.31. The predicted octanol–water partition coefficient (Wildman–Crippen LogP) is 1.53. The normalized spacial score (nSPS) is 26.3. The topological polar surface area (TPSA) is 44.5 Å². The number of rotatable bonds is 2. The van der Waals surface area contributed by atoms with Gasteiger partial charge < -0.3 is 15.2 Å². The van der Waals surface area contributed by atoms with Crippen LogP contribution in [0.25, 0.3) is 0 Å². The van der Waals surface area contributed by atoms with Crippen molar-refractivity contribution in [2.75, 3.05) is 20.3 Å². The Balaban J connectivity index is 2.19. The molecule has 1 fully saturated rings. The van der Waals surface area contributed by atoms with Gasteiger partial charge in [0, 0.05) is 18.6 Å². The maximum Gasteiger partial charge on any atom is 0.119 e. The van der Waals surface area contributed by atoms with Crippen molar-refractivity contribution in [3.05, 3.63) is 29.8 Å². The Labute approximate surface area is 90.2 Å². The molecule has 2 rings (SSSR count). The summed E-state index contributed by atoms with van der Waals surface area (Å²) in [6.45, 7) is 1.50. The summed E-state index contributed by atoms with van der Waals surface area (Å²) in [5, 5.41) is 0. The molecule has 0 spiro atoms. The third kappa shape index (κ3) is 2.30. The molecule has 2 atom stereocenters. The van der Waals surface area contributed by atoms with Gasteiger partial charge in [0.25, 0.3) is 0 Å². The van der Waals surface area contributed by atoms with Crippen LogP contribution in [0.15, 0.2) is 24.3 Å². The van der Waals surface area contributed by atoms with Gasteiger partial charge in [-0.05, 0) is 24.1 Å². The summed E-state index contributed by atoms with van der Waals surface area (Å²) in [6, 6.07) is 8.26. The molecule has 1 aromatic rings. The van der Waals surface area contributed by atoms with Crippen molar-refractivity contribution in [1.29, 1.82) is 0 Å². The van der Waals surface area contributed by atoms with Gasteiger partial charge in [-0.25, -0.2) is 0 Å². The molecule has 1 heterocycles. The van der Waals surface area contributed by atoms with Gasteiger partial charge in [0.1, 0.15) is 5.75 Å². The highest BCUT2D eigenvalue weighted by Gasteiger charge is 2.24. The molecule has 0 bridgehead atoms. The minimum Gasteiger partial charge on any atom is -0.497 e. The van der Waals surface area contributed by atoms with E-state index in [0.717, 1.165) is 18.8 Å². The highest BCUT2D eigenvalue weighted by Crippen LogP contribution is 2.27. The van der Waals surface area contributed by atoms with Crippen LogP contribution in [0.2, 0.25) is 0 Å². The summed E-state index contributed by atoms with van der Waals surface area (Å²) in [4.78, 5) is 0. The second-order valence-electron chi connectivity index (χ2n) is 3.91. The van der Waals surface area contributed by atoms with Gasteiger partial charge in [-0.3, -0.25) is 0 Å². The Morgan fingerprint density at radius 3 is 3.07 bits per heavy atom. The smallest absolute Gasteiger partial charge is 0.119 e. The van der Waals surface area contributed by atoms with E-state index >= 15 is 0 Å². The fraction of sp³-hybridized carbons (Fsp3) is 0.500. The minimum absolute atomic E-state index is 0.200. The van der Waals surface area contributed by atoms with E-state index in [1.165, 1.54) is 5.56 Å². The van der Waals surface area contributed by atoms with Crippen molar-refractivity contribution >= 4 is 0 Å². The van der Waals surface area contributed by atoms with Crippen molar-refractivity contribution in [3.8, 4) is 5.75 Å². The Morgan fingerprint density at radius 2 is 2.33 bits per heavy atom. The minimum atomic E-state index is 0.200. The molecule has 1 aliphatic heterocycles. The van der Waals surface area contributed by atoms with E-state index in [-0.39, 0.29) is 6.04 Å². The lowest BCUT2D eigenvalue weighted by molar-refractivity contribution is 0.0691. The van der Waals surface area contributed by atoms with Crippen LogP contribution >= 0.6 is 0 Å². The van der Waals surface area contributed by atoms with Gasteiger partial charge in [-0.2, -0.15) is 0 Å². The highest BCUT2D eigenvalue weighted by atomic mass is 16.5. The lowest BCUT2D eigenvalue weighted by atomic mass is 9.89. The second-order valence-corrected chi connectivity index (χ2v) is 3.91. The van der Waals surface area contributed by atoms with Crippen LogP contribution in [0.5, 0.6) is 5.75 Å². The third-order valence-corrected chi connectivity index (χ3v) is 2.93. The van der Waals surface area contributed by atoms with Crippen molar-refractivity contribution in [2.24, 2.45) is 5.73 Å². The SMILES string of the molecule is COc1cccc(C2COCCC2N)c1. The molecule has 1 aromatic carbocycles. The molecule has 15 heavy (non-hydrogen) atoms. The van der Waals surface area contributed by atoms with Crippen LogP contribution in [0.4, 0.5) is 0 Å². The average molecular weight is 207 g/mol. The molecule has 0 amide bonds. The number of hydrogen-bond acceptors (Lipinski definition) is 3. The van der Waals surface area contributed by atoms with Gasteiger partial charge in [-0.15, -0.1) is 0 Å². The first-order chi connectivity index (χ1) is 7.31. The summed E-state index contributed by atoms with van der Waals surface area (Å²) in [7, 11) is 1.68. The van der Waals surface area contributed by atoms with Gasteiger partial charge in [-0.1, -0.05) is 12.1 Å². The Bertz CT molecular complexity index is 327. The molecule has 1 saturated heterocycles. The molecule has 0 aliphatic carbocycles. The van der Waals surface area contributed by atoms with E-state index in [0.29, 0.717) is 12.5 Å². The van der Waals surface area contributed by atoms with E-state index in [9.17, 15) is 0 Å². The quantitative estimate of drug-likeness (QED) is 0.799. The zero-order chi connectivity index (χ0) is 10.7. The standard InChI is InChI=1S/C12H17NO2/c1-14-10-4-2-3-9(7-10)11-8-15-6-5-12(11)13/h2-4,7,11-12H,5-6,8,13H2,1H3. The van der Waals surface area contributed by atoms with E-state index in [1.807, 2.05) is 18.2 Å². The Morgan fingerprint density at radius 1 is 1.47 bits per heavy atom. The van der Waals surface area contributed by atoms with E-state index in [1.54, 1.807) is 7.11 Å². The van der Waals surface area contributed by atoms with Crippen molar-refractivity contribution in [1.82, 2.24) is 0 Å². The number of benzene rings is 1. The molecular weight excluding hydrogens is 190 g/mol. The van der Waals surface area contributed by atoms with E-state index in [2.05, 4.69) is 6.07 Å². The van der Waals surface area contributed by atoms with Crippen molar-refractivity contribution in [2.45, 2.75) is 18.4 Å². The first-order valence-electron chi connectivity index (χ1n) is 5.28. The van der Waals surface area contributed by atoms with Crippen LogP contribution in [0.3, 0.4) is 0 Å². The van der Waals surface area contributed by atoms with Gasteiger partial charge in [0.05, 0.1) is 13.7 Å². The number of hydrogen-bond donors (Lipinski definition) is 1. The van der Waals surface area contributed by atoms with Crippen molar-refractivity contribution in [3.63, 3.8) is 0 Å². The molecule has 3 heteroatoms. The monoisotopic (exact) mass is 207 g/mol. The van der Waals surface area contributed by atoms with Crippen molar-refractivity contribution < 1.29 is 9.47 Å². The largest absolute Gasteiger partial charge is 0.497 e. The molecule has 1 aliphatic rings. The third-order valence-electron chi connectivity index (χ3n) is 2.93. The molecule has 82 valence electrons. The Hall–Kier alpha value is -1.06. The average Bonchev–Trinajstić information content (AvgIpc) is 2.30. The number of methoxy groups -OCH3 is 1. The van der Waals surface area contributed by atoms with Crippen LogP contribution in [-0.2, 0) is 4.74 Å². The summed E-state index contributed by atoms with van der Waals surface area (Å²) >= 11 is 0. The molecule has 2 N–H and O–H groups in total. The zero-order valence-electron chi connectivity index (χ0n) is 8.98. The molecule has 0 radical (unpaired) electrons.